The molecule has 0 N–H and O–H groups in total. The van der Waals surface area contributed by atoms with Gasteiger partial charge >= 0.3 is 0 Å². The number of hydrogen-bond donors (Lipinski definition) is 0. The molecule has 0 heterocycles. The number of hydrogen-bond acceptors (Lipinski definition) is 1. The fourth-order valence-corrected chi connectivity index (χ4v) is 2.35. The van der Waals surface area contributed by atoms with E-state index in [1.165, 1.54) is 16.7 Å². The Hall–Kier alpha value is -2.07. The summed E-state index contributed by atoms with van der Waals surface area (Å²) >= 11 is 0. The van der Waals surface area contributed by atoms with Crippen molar-refractivity contribution in [3.05, 3.63) is 70.8 Å². The molecule has 0 bridgehead atoms. The summed E-state index contributed by atoms with van der Waals surface area (Å²) in [7, 11) is 0. The first-order valence-corrected chi connectivity index (χ1v) is 6.77. The molecule has 0 spiro atoms. The Morgan fingerprint density at radius 3 is 2.21 bits per heavy atom. The molecule has 0 fully saturated rings. The Kier molecular flexibility index (Phi) is 4.36. The highest BCUT2D eigenvalue weighted by atomic mass is 14.3. The van der Waals surface area contributed by atoms with Crippen LogP contribution in [0.15, 0.2) is 48.5 Å². The van der Waals surface area contributed by atoms with Crippen LogP contribution in [0.25, 0.3) is 0 Å². The minimum Gasteiger partial charge on any atom is -0.198 e. The van der Waals surface area contributed by atoms with E-state index >= 15 is 0 Å². The lowest BCUT2D eigenvalue weighted by Gasteiger charge is -2.12. The van der Waals surface area contributed by atoms with E-state index in [0.29, 0.717) is 0 Å². The average Bonchev–Trinajstić information content (AvgIpc) is 2.46. The van der Waals surface area contributed by atoms with Gasteiger partial charge in [-0.2, -0.15) is 5.26 Å². The van der Waals surface area contributed by atoms with E-state index in [2.05, 4.69) is 56.3 Å². The Morgan fingerprint density at radius 1 is 1.00 bits per heavy atom. The average molecular weight is 249 g/mol. The third-order valence-electron chi connectivity index (χ3n) is 3.59. The maximum Gasteiger partial charge on any atom is 0.0755 e. The summed E-state index contributed by atoms with van der Waals surface area (Å²) in [5, 5.41) is 9.42. The van der Waals surface area contributed by atoms with Crippen LogP contribution in [0.1, 0.15) is 35.1 Å². The molecule has 2 rings (SSSR count). The number of rotatable bonds is 4. The van der Waals surface area contributed by atoms with Crippen LogP contribution in [-0.4, -0.2) is 0 Å². The molecule has 1 unspecified atom stereocenters. The molecule has 0 aromatic heterocycles. The molecular formula is C18H19N. The van der Waals surface area contributed by atoms with Crippen molar-refractivity contribution in [1.82, 2.24) is 0 Å². The van der Waals surface area contributed by atoms with Gasteiger partial charge in [0.15, 0.2) is 0 Å². The topological polar surface area (TPSA) is 23.8 Å². The summed E-state index contributed by atoms with van der Waals surface area (Å²) < 4.78 is 0. The summed E-state index contributed by atoms with van der Waals surface area (Å²) in [6, 6.07) is 19.2. The molecule has 96 valence electrons. The van der Waals surface area contributed by atoms with E-state index in [9.17, 15) is 5.26 Å². The quantitative estimate of drug-likeness (QED) is 0.787. The maximum absolute atomic E-state index is 9.42. The van der Waals surface area contributed by atoms with E-state index < -0.39 is 0 Å². The zero-order valence-corrected chi connectivity index (χ0v) is 11.6. The fraction of sp³-hybridized carbons (Fsp3) is 0.278. The Morgan fingerprint density at radius 2 is 1.63 bits per heavy atom. The van der Waals surface area contributed by atoms with Crippen molar-refractivity contribution in [2.24, 2.45) is 0 Å². The summed E-state index contributed by atoms with van der Waals surface area (Å²) in [6.45, 7) is 4.22. The second-order valence-corrected chi connectivity index (χ2v) is 4.91. The molecule has 0 aliphatic rings. The number of aryl methyl sites for hydroxylation is 2. The molecule has 0 saturated carbocycles. The van der Waals surface area contributed by atoms with Crippen molar-refractivity contribution in [2.45, 2.75) is 32.6 Å². The summed E-state index contributed by atoms with van der Waals surface area (Å²) in [6.07, 6.45) is 1.84. The van der Waals surface area contributed by atoms with Gasteiger partial charge in [0.05, 0.1) is 12.0 Å². The molecule has 0 aliphatic heterocycles. The predicted octanol–water partition coefficient (Wildman–Crippen LogP) is 4.41. The Balaban J connectivity index is 2.20. The predicted molar refractivity (Wildman–Crippen MR) is 79.1 cm³/mol. The fourth-order valence-electron chi connectivity index (χ4n) is 2.35. The summed E-state index contributed by atoms with van der Waals surface area (Å²) in [5.41, 5.74) is 4.91. The third kappa shape index (κ3) is 3.23. The highest BCUT2D eigenvalue weighted by Crippen LogP contribution is 2.23. The van der Waals surface area contributed by atoms with Crippen LogP contribution in [0, 0.1) is 18.3 Å². The van der Waals surface area contributed by atoms with Crippen molar-refractivity contribution in [3.63, 3.8) is 0 Å². The van der Waals surface area contributed by atoms with Crippen molar-refractivity contribution in [1.29, 1.82) is 5.26 Å². The number of nitriles is 1. The van der Waals surface area contributed by atoms with Crippen LogP contribution in [-0.2, 0) is 12.8 Å². The molecule has 19 heavy (non-hydrogen) atoms. The van der Waals surface area contributed by atoms with E-state index in [-0.39, 0.29) is 5.92 Å². The zero-order chi connectivity index (χ0) is 13.7. The first-order valence-electron chi connectivity index (χ1n) is 6.77. The van der Waals surface area contributed by atoms with Gasteiger partial charge in [-0.25, -0.2) is 0 Å². The van der Waals surface area contributed by atoms with Crippen LogP contribution in [0.5, 0.6) is 0 Å². The first kappa shape index (κ1) is 13.4. The molecule has 0 amide bonds. The smallest absolute Gasteiger partial charge is 0.0755 e. The van der Waals surface area contributed by atoms with Crippen molar-refractivity contribution >= 4 is 0 Å². The van der Waals surface area contributed by atoms with Crippen LogP contribution in [0.4, 0.5) is 0 Å². The standard InChI is InChI=1S/C18H19N/c1-3-15-8-10-16(11-9-15)12-17(13-19)18-7-5-4-6-14(18)2/h4-11,17H,3,12H2,1-2H3. The van der Waals surface area contributed by atoms with Gasteiger partial charge in [0.2, 0.25) is 0 Å². The van der Waals surface area contributed by atoms with Gasteiger partial charge in [-0.1, -0.05) is 55.5 Å². The SMILES string of the molecule is CCc1ccc(CC(C#N)c2ccccc2C)cc1. The van der Waals surface area contributed by atoms with Gasteiger partial charge in [-0.3, -0.25) is 0 Å². The molecule has 2 aromatic rings. The van der Waals surface area contributed by atoms with Crippen LogP contribution >= 0.6 is 0 Å². The van der Waals surface area contributed by atoms with Crippen molar-refractivity contribution in [3.8, 4) is 6.07 Å². The molecule has 1 atom stereocenters. The Labute approximate surface area is 115 Å². The van der Waals surface area contributed by atoms with Crippen molar-refractivity contribution in [2.75, 3.05) is 0 Å². The van der Waals surface area contributed by atoms with Crippen LogP contribution < -0.4 is 0 Å². The lowest BCUT2D eigenvalue weighted by atomic mass is 9.90. The third-order valence-corrected chi connectivity index (χ3v) is 3.59. The summed E-state index contributed by atoms with van der Waals surface area (Å²) in [4.78, 5) is 0. The zero-order valence-electron chi connectivity index (χ0n) is 11.6. The van der Waals surface area contributed by atoms with E-state index in [1.807, 2.05) is 12.1 Å². The van der Waals surface area contributed by atoms with Crippen LogP contribution in [0.2, 0.25) is 0 Å². The van der Waals surface area contributed by atoms with E-state index in [4.69, 9.17) is 0 Å². The molecule has 0 saturated heterocycles. The second-order valence-electron chi connectivity index (χ2n) is 4.91. The summed E-state index contributed by atoms with van der Waals surface area (Å²) in [5.74, 6) is -0.0614. The van der Waals surface area contributed by atoms with Crippen molar-refractivity contribution < 1.29 is 0 Å². The molecule has 0 radical (unpaired) electrons. The molecule has 0 aliphatic carbocycles. The lowest BCUT2D eigenvalue weighted by molar-refractivity contribution is 0.840. The van der Waals surface area contributed by atoms with Crippen LogP contribution in [0.3, 0.4) is 0 Å². The first-order chi connectivity index (χ1) is 9.24. The molecule has 1 nitrogen and oxygen atoms in total. The number of nitrogens with zero attached hydrogens (tertiary/aromatic N) is 1. The number of benzene rings is 2. The van der Waals surface area contributed by atoms with E-state index in [1.54, 1.807) is 0 Å². The normalized spacial score (nSPS) is 11.8. The van der Waals surface area contributed by atoms with Gasteiger partial charge in [-0.05, 0) is 42.0 Å². The second kappa shape index (κ2) is 6.20. The highest BCUT2D eigenvalue weighted by Gasteiger charge is 2.13. The van der Waals surface area contributed by atoms with Gasteiger partial charge in [0.1, 0.15) is 0 Å². The van der Waals surface area contributed by atoms with Gasteiger partial charge < -0.3 is 0 Å². The molecule has 2 aromatic carbocycles. The van der Waals surface area contributed by atoms with Gasteiger partial charge in [0.25, 0.3) is 0 Å². The monoisotopic (exact) mass is 249 g/mol. The van der Waals surface area contributed by atoms with Gasteiger partial charge in [0, 0.05) is 0 Å². The Bertz CT molecular complexity index is 575. The molecule has 1 heteroatoms. The minimum atomic E-state index is -0.0614. The molecular weight excluding hydrogens is 230 g/mol. The largest absolute Gasteiger partial charge is 0.198 e. The van der Waals surface area contributed by atoms with Gasteiger partial charge in [-0.15, -0.1) is 0 Å². The lowest BCUT2D eigenvalue weighted by Crippen LogP contribution is -2.02. The maximum atomic E-state index is 9.42. The van der Waals surface area contributed by atoms with E-state index in [0.717, 1.165) is 18.4 Å². The highest BCUT2D eigenvalue weighted by molar-refractivity contribution is 5.35. The minimum absolute atomic E-state index is 0.0614.